The van der Waals surface area contributed by atoms with Gasteiger partial charge in [-0.2, -0.15) is 0 Å². The molecule has 0 aromatic heterocycles. The smallest absolute Gasteiger partial charge is 0.0106 e. The van der Waals surface area contributed by atoms with E-state index in [9.17, 15) is 0 Å². The van der Waals surface area contributed by atoms with Crippen LogP contribution in [0.25, 0.3) is 0 Å². The Morgan fingerprint density at radius 1 is 0.583 bits per heavy atom. The van der Waals surface area contributed by atoms with Gasteiger partial charge in [-0.05, 0) is 19.6 Å². The van der Waals surface area contributed by atoms with Gasteiger partial charge in [-0.3, -0.25) is 0 Å². The Labute approximate surface area is 128 Å². The molecule has 0 rings (SSSR count). The summed E-state index contributed by atoms with van der Waals surface area (Å²) in [5, 5.41) is 0. The Morgan fingerprint density at radius 3 is 0.583 bits per heavy atom. The summed E-state index contributed by atoms with van der Waals surface area (Å²) in [7, 11) is 0. The van der Waals surface area contributed by atoms with Crippen molar-refractivity contribution in [1.29, 1.82) is 0 Å². The van der Waals surface area contributed by atoms with E-state index in [1.165, 1.54) is 0 Å². The topological polar surface area (TPSA) is 78.1 Å². The van der Waals surface area contributed by atoms with Gasteiger partial charge in [0.2, 0.25) is 0 Å². The predicted molar refractivity (Wildman–Crippen MR) is 90.4 cm³/mol. The fraction of sp³-hybridized carbons (Fsp3) is 1.00. The zero-order valence-corrected chi connectivity index (χ0v) is 15.1. The number of hydrogen-bond acceptors (Lipinski definition) is 3. The van der Waals surface area contributed by atoms with E-state index in [0.29, 0.717) is 0 Å². The molecule has 0 aromatic carbocycles. The van der Waals surface area contributed by atoms with Gasteiger partial charge in [0.1, 0.15) is 0 Å². The Morgan fingerprint density at radius 2 is 0.583 bits per heavy atom. The molecule has 0 aliphatic carbocycles. The second-order valence-corrected chi connectivity index (χ2v) is 1.22. The summed E-state index contributed by atoms with van der Waals surface area (Å²) < 4.78 is 0. The lowest BCUT2D eigenvalue weighted by molar-refractivity contribution is 1.14. The molecule has 0 amide bonds. The molecule has 0 aliphatic rings. The van der Waals surface area contributed by atoms with Gasteiger partial charge in [0.15, 0.2) is 0 Å². The average molecular weight is 519 g/mol. The van der Waals surface area contributed by atoms with Crippen LogP contribution >= 0.6 is 71.9 Å². The SMILES string of the molecule is CCN.CCN.CCN.I.I.I. The summed E-state index contributed by atoms with van der Waals surface area (Å²) >= 11 is 0. The molecule has 0 unspecified atom stereocenters. The first kappa shape index (κ1) is 36.9. The molecule has 0 saturated carbocycles. The van der Waals surface area contributed by atoms with Gasteiger partial charge >= 0.3 is 0 Å². The van der Waals surface area contributed by atoms with Crippen LogP contribution in [0.15, 0.2) is 0 Å². The standard InChI is InChI=1S/3C2H7N.3HI/c3*1-2-3;;;/h3*2-3H2,1H3;3*1H. The zero-order valence-electron chi connectivity index (χ0n) is 8.08. The van der Waals surface area contributed by atoms with Crippen LogP contribution in [0.4, 0.5) is 0 Å². The lowest BCUT2D eigenvalue weighted by Gasteiger charge is -1.53. The van der Waals surface area contributed by atoms with Crippen molar-refractivity contribution >= 4 is 71.9 Å². The van der Waals surface area contributed by atoms with Crippen LogP contribution in [0, 0.1) is 0 Å². The van der Waals surface area contributed by atoms with Crippen molar-refractivity contribution in [1.82, 2.24) is 0 Å². The molecule has 84 valence electrons. The third-order valence-corrected chi connectivity index (χ3v) is 0. The fourth-order valence-electron chi connectivity index (χ4n) is 0. The molecular formula is C6H24I3N3. The fourth-order valence-corrected chi connectivity index (χ4v) is 0. The van der Waals surface area contributed by atoms with Gasteiger partial charge in [0.25, 0.3) is 0 Å². The molecule has 0 saturated heterocycles. The summed E-state index contributed by atoms with van der Waals surface area (Å²) in [5.74, 6) is 0. The van der Waals surface area contributed by atoms with E-state index in [0.717, 1.165) is 19.6 Å². The Bertz CT molecular complexity index is 22.8. The Hall–Kier alpha value is 2.07. The number of rotatable bonds is 0. The first-order valence-electron chi connectivity index (χ1n) is 3.35. The van der Waals surface area contributed by atoms with Gasteiger partial charge in [-0.1, -0.05) is 20.8 Å². The van der Waals surface area contributed by atoms with E-state index in [1.807, 2.05) is 20.8 Å². The molecule has 0 radical (unpaired) electrons. The van der Waals surface area contributed by atoms with Crippen LogP contribution < -0.4 is 17.2 Å². The molecule has 0 fully saturated rings. The normalized spacial score (nSPS) is 4.50. The maximum Gasteiger partial charge on any atom is -0.0106 e. The highest BCUT2D eigenvalue weighted by atomic mass is 127. The molecule has 3 nitrogen and oxygen atoms in total. The molecule has 12 heavy (non-hydrogen) atoms. The third-order valence-electron chi connectivity index (χ3n) is 0. The van der Waals surface area contributed by atoms with Gasteiger partial charge in [0, 0.05) is 0 Å². The maximum absolute atomic E-state index is 4.85. The predicted octanol–water partition coefficient (Wildman–Crippen LogP) is 1.75. The van der Waals surface area contributed by atoms with E-state index >= 15 is 0 Å². The van der Waals surface area contributed by atoms with Gasteiger partial charge < -0.3 is 17.2 Å². The van der Waals surface area contributed by atoms with Gasteiger partial charge in [-0.15, -0.1) is 71.9 Å². The largest absolute Gasteiger partial charge is 0.331 e. The van der Waals surface area contributed by atoms with Crippen LogP contribution in [0.1, 0.15) is 20.8 Å². The summed E-state index contributed by atoms with van der Waals surface area (Å²) in [6.45, 7) is 7.96. The summed E-state index contributed by atoms with van der Waals surface area (Å²) in [6.07, 6.45) is 0. The monoisotopic (exact) mass is 519 g/mol. The van der Waals surface area contributed by atoms with Crippen molar-refractivity contribution in [2.75, 3.05) is 19.6 Å². The molecular weight excluding hydrogens is 495 g/mol. The van der Waals surface area contributed by atoms with E-state index in [-0.39, 0.29) is 71.9 Å². The zero-order chi connectivity index (χ0) is 8.12. The number of nitrogens with two attached hydrogens (primary N) is 3. The second kappa shape index (κ2) is 74.1. The van der Waals surface area contributed by atoms with E-state index in [4.69, 9.17) is 17.2 Å². The highest BCUT2D eigenvalue weighted by Crippen LogP contribution is 1.20. The Balaban J connectivity index is -0.00000001000. The van der Waals surface area contributed by atoms with Crippen molar-refractivity contribution in [3.63, 3.8) is 0 Å². The molecule has 6 N–H and O–H groups in total. The van der Waals surface area contributed by atoms with Crippen LogP contribution in [0.5, 0.6) is 0 Å². The molecule has 0 spiro atoms. The minimum atomic E-state index is 0. The lowest BCUT2D eigenvalue weighted by Crippen LogP contribution is -1.87. The quantitative estimate of drug-likeness (QED) is 0.428. The highest BCUT2D eigenvalue weighted by Gasteiger charge is 1.33. The number of hydrogen-bond donors (Lipinski definition) is 3. The molecule has 0 aliphatic heterocycles. The van der Waals surface area contributed by atoms with Crippen molar-refractivity contribution in [2.45, 2.75) is 20.8 Å². The van der Waals surface area contributed by atoms with Crippen LogP contribution in [0.3, 0.4) is 0 Å². The molecule has 0 bridgehead atoms. The van der Waals surface area contributed by atoms with Crippen molar-refractivity contribution in [3.05, 3.63) is 0 Å². The third kappa shape index (κ3) is 345. The van der Waals surface area contributed by atoms with Crippen LogP contribution in [-0.2, 0) is 0 Å². The second-order valence-electron chi connectivity index (χ2n) is 1.22. The summed E-state index contributed by atoms with van der Waals surface area (Å²) in [5.41, 5.74) is 14.5. The first-order valence-corrected chi connectivity index (χ1v) is 3.35. The molecule has 0 atom stereocenters. The highest BCUT2D eigenvalue weighted by molar-refractivity contribution is 14.0. The minimum absolute atomic E-state index is 0. The van der Waals surface area contributed by atoms with Gasteiger partial charge in [0.05, 0.1) is 0 Å². The van der Waals surface area contributed by atoms with Crippen molar-refractivity contribution in [2.24, 2.45) is 17.2 Å². The van der Waals surface area contributed by atoms with E-state index in [1.54, 1.807) is 0 Å². The summed E-state index contributed by atoms with van der Waals surface area (Å²) in [4.78, 5) is 0. The van der Waals surface area contributed by atoms with Crippen molar-refractivity contribution in [3.8, 4) is 0 Å². The van der Waals surface area contributed by atoms with Crippen LogP contribution in [0.2, 0.25) is 0 Å². The van der Waals surface area contributed by atoms with Crippen LogP contribution in [-0.4, -0.2) is 19.6 Å². The maximum atomic E-state index is 4.85. The summed E-state index contributed by atoms with van der Waals surface area (Å²) in [6, 6.07) is 0. The van der Waals surface area contributed by atoms with E-state index < -0.39 is 0 Å². The van der Waals surface area contributed by atoms with Crippen molar-refractivity contribution < 1.29 is 0 Å². The Kier molecular flexibility index (Phi) is 228. The van der Waals surface area contributed by atoms with Gasteiger partial charge in [-0.25, -0.2) is 0 Å². The minimum Gasteiger partial charge on any atom is -0.331 e. The average Bonchev–Trinajstić information content (AvgIpc) is 1.70. The lowest BCUT2D eigenvalue weighted by atomic mass is 10.8. The number of halogens is 3. The first-order chi connectivity index (χ1) is 4.24. The molecule has 0 heterocycles. The van der Waals surface area contributed by atoms with E-state index in [2.05, 4.69) is 0 Å². The molecule has 0 aromatic rings. The molecule has 6 heteroatoms.